The summed E-state index contributed by atoms with van der Waals surface area (Å²) in [5.41, 5.74) is -1.16. The van der Waals surface area contributed by atoms with Gasteiger partial charge in [-0.25, -0.2) is 0 Å². The number of carbonyl (C=O) groups excluding carboxylic acids is 2. The van der Waals surface area contributed by atoms with E-state index in [0.717, 1.165) is 0 Å². The molecule has 0 radical (unpaired) electrons. The number of hydrogen-bond donors (Lipinski definition) is 1. The molecular formula is C12H21NO3. The first kappa shape index (κ1) is 13.2. The molecular weight excluding hydrogens is 206 g/mol. The highest BCUT2D eigenvalue weighted by atomic mass is 16.5. The van der Waals surface area contributed by atoms with Crippen LogP contribution in [0.25, 0.3) is 0 Å². The zero-order chi connectivity index (χ0) is 12.4. The van der Waals surface area contributed by atoms with E-state index >= 15 is 0 Å². The highest BCUT2D eigenvalue weighted by Crippen LogP contribution is 2.30. The van der Waals surface area contributed by atoms with E-state index in [1.165, 1.54) is 6.92 Å². The van der Waals surface area contributed by atoms with Gasteiger partial charge in [-0.3, -0.25) is 9.59 Å². The Labute approximate surface area is 96.7 Å². The van der Waals surface area contributed by atoms with E-state index in [4.69, 9.17) is 4.74 Å². The van der Waals surface area contributed by atoms with Crippen molar-refractivity contribution in [1.82, 2.24) is 5.32 Å². The number of ether oxygens (including phenoxy) is 1. The van der Waals surface area contributed by atoms with Gasteiger partial charge >= 0.3 is 0 Å². The number of nitrogens with one attached hydrogen (secondary N) is 1. The van der Waals surface area contributed by atoms with Crippen molar-refractivity contribution in [3.8, 4) is 0 Å². The van der Waals surface area contributed by atoms with E-state index in [-0.39, 0.29) is 11.7 Å². The monoisotopic (exact) mass is 227 g/mol. The van der Waals surface area contributed by atoms with Crippen molar-refractivity contribution in [2.45, 2.75) is 46.1 Å². The molecule has 1 saturated heterocycles. The number of Topliss-reactive ketones (excluding diaryl/α,β-unsaturated/α-hetero) is 1. The van der Waals surface area contributed by atoms with Crippen LogP contribution in [0.1, 0.15) is 40.5 Å². The molecule has 1 rings (SSSR count). The van der Waals surface area contributed by atoms with Crippen molar-refractivity contribution < 1.29 is 14.3 Å². The Morgan fingerprint density at radius 1 is 1.19 bits per heavy atom. The van der Waals surface area contributed by atoms with Crippen molar-refractivity contribution in [3.63, 3.8) is 0 Å². The van der Waals surface area contributed by atoms with Crippen LogP contribution in [0.2, 0.25) is 0 Å². The fraction of sp³-hybridized carbons (Fsp3) is 0.833. The second-order valence-corrected chi connectivity index (χ2v) is 5.45. The van der Waals surface area contributed by atoms with Crippen LogP contribution in [-0.2, 0) is 14.3 Å². The third-order valence-electron chi connectivity index (χ3n) is 2.88. The van der Waals surface area contributed by atoms with Crippen molar-refractivity contribution in [2.75, 3.05) is 13.2 Å². The molecule has 1 aliphatic heterocycles. The van der Waals surface area contributed by atoms with Crippen LogP contribution in [0.5, 0.6) is 0 Å². The van der Waals surface area contributed by atoms with E-state index < -0.39 is 11.0 Å². The van der Waals surface area contributed by atoms with E-state index in [1.54, 1.807) is 0 Å². The Balaban J connectivity index is 2.94. The maximum atomic E-state index is 12.4. The molecule has 92 valence electrons. The fourth-order valence-corrected chi connectivity index (χ4v) is 2.18. The second kappa shape index (κ2) is 4.53. The Morgan fingerprint density at radius 2 is 1.69 bits per heavy atom. The third-order valence-corrected chi connectivity index (χ3v) is 2.88. The Morgan fingerprint density at radius 3 is 2.06 bits per heavy atom. The zero-order valence-electron chi connectivity index (χ0n) is 10.6. The molecule has 0 aromatic heterocycles. The van der Waals surface area contributed by atoms with Crippen LogP contribution in [0.15, 0.2) is 0 Å². The van der Waals surface area contributed by atoms with Gasteiger partial charge in [0.25, 0.3) is 0 Å². The molecule has 1 N–H and O–H groups in total. The van der Waals surface area contributed by atoms with E-state index in [1.807, 2.05) is 20.8 Å². The molecule has 4 nitrogen and oxygen atoms in total. The minimum Gasteiger partial charge on any atom is -0.381 e. The highest BCUT2D eigenvalue weighted by Gasteiger charge is 2.45. The van der Waals surface area contributed by atoms with Gasteiger partial charge in [-0.15, -0.1) is 0 Å². The predicted octanol–water partition coefficient (Wildman–Crippen LogP) is 1.29. The molecule has 0 aromatic rings. The van der Waals surface area contributed by atoms with Crippen molar-refractivity contribution in [1.29, 1.82) is 0 Å². The summed E-state index contributed by atoms with van der Waals surface area (Å²) in [4.78, 5) is 23.7. The minimum absolute atomic E-state index is 0.0958. The normalized spacial score (nSPS) is 20.2. The van der Waals surface area contributed by atoms with E-state index in [0.29, 0.717) is 26.1 Å². The SMILES string of the molecule is CC(=O)NC1(C(=O)C(C)(C)C)CCOCC1. The lowest BCUT2D eigenvalue weighted by Gasteiger charge is -2.40. The lowest BCUT2D eigenvalue weighted by molar-refractivity contribution is -0.141. The van der Waals surface area contributed by atoms with E-state index in [9.17, 15) is 9.59 Å². The first-order valence-electron chi connectivity index (χ1n) is 5.69. The molecule has 1 aliphatic rings. The lowest BCUT2D eigenvalue weighted by atomic mass is 9.74. The minimum atomic E-state index is -0.720. The van der Waals surface area contributed by atoms with Gasteiger partial charge in [-0.05, 0) is 0 Å². The maximum absolute atomic E-state index is 12.4. The smallest absolute Gasteiger partial charge is 0.217 e. The molecule has 1 amide bonds. The molecule has 0 aromatic carbocycles. The summed E-state index contributed by atoms with van der Waals surface area (Å²) in [5.74, 6) is -0.0574. The number of amides is 1. The fourth-order valence-electron chi connectivity index (χ4n) is 2.18. The molecule has 0 aliphatic carbocycles. The summed E-state index contributed by atoms with van der Waals surface area (Å²) in [6, 6.07) is 0. The molecule has 0 atom stereocenters. The highest BCUT2D eigenvalue weighted by molar-refractivity contribution is 5.95. The van der Waals surface area contributed by atoms with Gasteiger partial charge in [-0.2, -0.15) is 0 Å². The standard InChI is InChI=1S/C12H21NO3/c1-9(14)13-12(5-7-16-8-6-12)10(15)11(2,3)4/h5-8H2,1-4H3,(H,13,14). The van der Waals surface area contributed by atoms with Gasteiger partial charge in [-0.1, -0.05) is 20.8 Å². The maximum Gasteiger partial charge on any atom is 0.217 e. The van der Waals surface area contributed by atoms with Crippen molar-refractivity contribution in [3.05, 3.63) is 0 Å². The summed E-state index contributed by atoms with van der Waals surface area (Å²) in [7, 11) is 0. The Hall–Kier alpha value is -0.900. The average molecular weight is 227 g/mol. The molecule has 16 heavy (non-hydrogen) atoms. The van der Waals surface area contributed by atoms with Crippen LogP contribution in [0.3, 0.4) is 0 Å². The predicted molar refractivity (Wildman–Crippen MR) is 61.1 cm³/mol. The summed E-state index contributed by atoms with van der Waals surface area (Å²) in [5, 5.41) is 2.83. The molecule has 1 heterocycles. The first-order valence-corrected chi connectivity index (χ1v) is 5.69. The summed E-state index contributed by atoms with van der Waals surface area (Å²) < 4.78 is 5.27. The molecule has 0 saturated carbocycles. The largest absolute Gasteiger partial charge is 0.381 e. The number of carbonyl (C=O) groups is 2. The van der Waals surface area contributed by atoms with Gasteiger partial charge in [0.05, 0.1) is 0 Å². The third kappa shape index (κ3) is 2.82. The first-order chi connectivity index (χ1) is 7.28. The van der Waals surface area contributed by atoms with Crippen LogP contribution in [0.4, 0.5) is 0 Å². The Kier molecular flexibility index (Phi) is 3.73. The van der Waals surface area contributed by atoms with Crippen LogP contribution in [-0.4, -0.2) is 30.4 Å². The number of rotatable bonds is 2. The quantitative estimate of drug-likeness (QED) is 0.773. The summed E-state index contributed by atoms with van der Waals surface area (Å²) in [6.07, 6.45) is 1.14. The van der Waals surface area contributed by atoms with Gasteiger partial charge in [0, 0.05) is 38.4 Å². The Bertz CT molecular complexity index is 285. The lowest BCUT2D eigenvalue weighted by Crippen LogP contribution is -2.60. The average Bonchev–Trinajstić information content (AvgIpc) is 2.15. The summed E-state index contributed by atoms with van der Waals surface area (Å²) >= 11 is 0. The molecule has 4 heteroatoms. The van der Waals surface area contributed by atoms with Gasteiger partial charge < -0.3 is 10.1 Å². The van der Waals surface area contributed by atoms with E-state index in [2.05, 4.69) is 5.32 Å². The molecule has 0 bridgehead atoms. The van der Waals surface area contributed by atoms with Crippen molar-refractivity contribution in [2.24, 2.45) is 5.41 Å². The molecule has 0 spiro atoms. The zero-order valence-corrected chi connectivity index (χ0v) is 10.6. The number of hydrogen-bond acceptors (Lipinski definition) is 3. The topological polar surface area (TPSA) is 55.4 Å². The van der Waals surface area contributed by atoms with Gasteiger partial charge in [0.1, 0.15) is 5.54 Å². The molecule has 1 fully saturated rings. The van der Waals surface area contributed by atoms with Crippen LogP contribution >= 0.6 is 0 Å². The second-order valence-electron chi connectivity index (χ2n) is 5.45. The number of ketones is 1. The van der Waals surface area contributed by atoms with Gasteiger partial charge in [0.15, 0.2) is 5.78 Å². The van der Waals surface area contributed by atoms with Crippen LogP contribution in [0, 0.1) is 5.41 Å². The summed E-state index contributed by atoms with van der Waals surface area (Å²) in [6.45, 7) is 8.16. The van der Waals surface area contributed by atoms with Crippen molar-refractivity contribution >= 4 is 11.7 Å². The van der Waals surface area contributed by atoms with Gasteiger partial charge in [0.2, 0.25) is 5.91 Å². The van der Waals surface area contributed by atoms with Crippen LogP contribution < -0.4 is 5.32 Å². The molecule has 0 unspecified atom stereocenters.